The van der Waals surface area contributed by atoms with Crippen LogP contribution in [-0.4, -0.2) is 15.7 Å². The van der Waals surface area contributed by atoms with Crippen LogP contribution in [0.1, 0.15) is 39.3 Å². The Labute approximate surface area is 151 Å². The van der Waals surface area contributed by atoms with Gasteiger partial charge < -0.3 is 5.32 Å². The summed E-state index contributed by atoms with van der Waals surface area (Å²) in [6.07, 6.45) is 2.82. The van der Waals surface area contributed by atoms with Crippen molar-refractivity contribution in [2.45, 2.75) is 32.7 Å². The van der Waals surface area contributed by atoms with Gasteiger partial charge in [-0.1, -0.05) is 30.3 Å². The average molecular weight is 349 g/mol. The fraction of sp³-hybridized carbons (Fsp3) is 0.238. The van der Waals surface area contributed by atoms with Gasteiger partial charge in [-0.15, -0.1) is 0 Å². The number of aryl methyl sites for hydroxylation is 1. The molecule has 132 valence electrons. The summed E-state index contributed by atoms with van der Waals surface area (Å²) in [5, 5.41) is 7.45. The minimum Gasteiger partial charge on any atom is -0.347 e. The van der Waals surface area contributed by atoms with Crippen LogP contribution in [0.3, 0.4) is 0 Å². The molecule has 0 saturated carbocycles. The SMILES string of the molecule is Cc1ccc(CNC(=O)c2nn(-c3ccccc3)c3c2CCC3)cc1F. The van der Waals surface area contributed by atoms with E-state index in [-0.39, 0.29) is 18.3 Å². The number of aromatic nitrogens is 2. The van der Waals surface area contributed by atoms with Crippen molar-refractivity contribution in [2.75, 3.05) is 0 Å². The van der Waals surface area contributed by atoms with Gasteiger partial charge >= 0.3 is 0 Å². The number of amides is 1. The molecule has 0 fully saturated rings. The molecular weight excluding hydrogens is 329 g/mol. The first-order valence-corrected chi connectivity index (χ1v) is 8.83. The molecule has 5 heteroatoms. The lowest BCUT2D eigenvalue weighted by Crippen LogP contribution is -2.24. The van der Waals surface area contributed by atoms with E-state index < -0.39 is 0 Å². The number of carbonyl (C=O) groups excluding carboxylic acids is 1. The summed E-state index contributed by atoms with van der Waals surface area (Å²) in [6.45, 7) is 2.00. The fourth-order valence-corrected chi connectivity index (χ4v) is 3.41. The standard InChI is InChI=1S/C21H20FN3O/c1-14-10-11-15(12-18(14)22)13-23-21(26)20-17-8-5-9-19(17)25(24-20)16-6-3-2-4-7-16/h2-4,6-7,10-12H,5,8-9,13H2,1H3,(H,23,26). The monoisotopic (exact) mass is 349 g/mol. The predicted octanol–water partition coefficient (Wildman–Crippen LogP) is 3.74. The summed E-state index contributed by atoms with van der Waals surface area (Å²) in [7, 11) is 0. The second-order valence-electron chi connectivity index (χ2n) is 6.64. The van der Waals surface area contributed by atoms with Crippen LogP contribution < -0.4 is 5.32 Å². The van der Waals surface area contributed by atoms with Crippen LogP contribution >= 0.6 is 0 Å². The van der Waals surface area contributed by atoms with E-state index in [1.807, 2.05) is 41.1 Å². The maximum Gasteiger partial charge on any atom is 0.272 e. The number of carbonyl (C=O) groups is 1. The maximum atomic E-state index is 13.7. The van der Waals surface area contributed by atoms with Crippen LogP contribution in [0.4, 0.5) is 4.39 Å². The molecule has 0 unspecified atom stereocenters. The van der Waals surface area contributed by atoms with Crippen LogP contribution in [0.25, 0.3) is 5.69 Å². The lowest BCUT2D eigenvalue weighted by atomic mass is 10.1. The third kappa shape index (κ3) is 3.01. The van der Waals surface area contributed by atoms with Gasteiger partial charge in [-0.2, -0.15) is 5.10 Å². The maximum absolute atomic E-state index is 13.7. The number of hydrogen-bond acceptors (Lipinski definition) is 2. The van der Waals surface area contributed by atoms with Gasteiger partial charge in [-0.05, 0) is 55.5 Å². The summed E-state index contributed by atoms with van der Waals surface area (Å²) in [6, 6.07) is 14.9. The van der Waals surface area contributed by atoms with Crippen molar-refractivity contribution in [1.82, 2.24) is 15.1 Å². The second-order valence-corrected chi connectivity index (χ2v) is 6.64. The van der Waals surface area contributed by atoms with Gasteiger partial charge in [0.25, 0.3) is 5.91 Å². The molecule has 3 aromatic rings. The summed E-state index contributed by atoms with van der Waals surface area (Å²) < 4.78 is 15.5. The van der Waals surface area contributed by atoms with Gasteiger partial charge in [0.15, 0.2) is 5.69 Å². The summed E-state index contributed by atoms with van der Waals surface area (Å²) >= 11 is 0. The summed E-state index contributed by atoms with van der Waals surface area (Å²) in [5.74, 6) is -0.468. The summed E-state index contributed by atoms with van der Waals surface area (Å²) in [4.78, 5) is 12.7. The molecule has 4 rings (SSSR count). The highest BCUT2D eigenvalue weighted by Gasteiger charge is 2.26. The topological polar surface area (TPSA) is 46.9 Å². The number of halogens is 1. The molecule has 1 aromatic heterocycles. The molecule has 0 radical (unpaired) electrons. The van der Waals surface area contributed by atoms with E-state index in [1.54, 1.807) is 13.0 Å². The number of benzene rings is 2. The van der Waals surface area contributed by atoms with E-state index in [0.29, 0.717) is 11.3 Å². The Kier molecular flexibility index (Phi) is 4.29. The van der Waals surface area contributed by atoms with Crippen LogP contribution in [0, 0.1) is 12.7 Å². The number of fused-ring (bicyclic) bond motifs is 1. The molecule has 2 aromatic carbocycles. The molecule has 0 atom stereocenters. The fourth-order valence-electron chi connectivity index (χ4n) is 3.41. The molecule has 4 nitrogen and oxygen atoms in total. The van der Waals surface area contributed by atoms with Gasteiger partial charge in [-0.25, -0.2) is 9.07 Å². The van der Waals surface area contributed by atoms with E-state index in [0.717, 1.165) is 41.8 Å². The first kappa shape index (κ1) is 16.5. The number of nitrogens with one attached hydrogen (secondary N) is 1. The lowest BCUT2D eigenvalue weighted by Gasteiger charge is -2.06. The Morgan fingerprint density at radius 2 is 2.00 bits per heavy atom. The Bertz CT molecular complexity index is 963. The zero-order valence-corrected chi connectivity index (χ0v) is 14.6. The van der Waals surface area contributed by atoms with Crippen LogP contribution in [-0.2, 0) is 19.4 Å². The largest absolute Gasteiger partial charge is 0.347 e. The summed E-state index contributed by atoms with van der Waals surface area (Å²) in [5.41, 5.74) is 4.92. The molecule has 1 amide bonds. The molecule has 0 spiro atoms. The van der Waals surface area contributed by atoms with Crippen molar-refractivity contribution in [3.63, 3.8) is 0 Å². The van der Waals surface area contributed by atoms with Crippen molar-refractivity contribution in [1.29, 1.82) is 0 Å². The average Bonchev–Trinajstić information content (AvgIpc) is 3.26. The lowest BCUT2D eigenvalue weighted by molar-refractivity contribution is 0.0944. The Morgan fingerprint density at radius 1 is 1.19 bits per heavy atom. The minimum absolute atomic E-state index is 0.209. The van der Waals surface area contributed by atoms with Gasteiger partial charge in [0, 0.05) is 17.8 Å². The highest BCUT2D eigenvalue weighted by molar-refractivity contribution is 5.94. The first-order chi connectivity index (χ1) is 12.6. The third-order valence-electron chi connectivity index (χ3n) is 4.84. The zero-order chi connectivity index (χ0) is 18.1. The van der Waals surface area contributed by atoms with Crippen molar-refractivity contribution < 1.29 is 9.18 Å². The predicted molar refractivity (Wildman–Crippen MR) is 97.9 cm³/mol. The van der Waals surface area contributed by atoms with Gasteiger partial charge in [0.05, 0.1) is 5.69 Å². The van der Waals surface area contributed by atoms with Crippen molar-refractivity contribution >= 4 is 5.91 Å². The number of para-hydroxylation sites is 1. The van der Waals surface area contributed by atoms with Crippen molar-refractivity contribution in [2.24, 2.45) is 0 Å². The molecule has 1 heterocycles. The number of hydrogen-bond donors (Lipinski definition) is 1. The van der Waals surface area contributed by atoms with Crippen LogP contribution in [0.5, 0.6) is 0 Å². The van der Waals surface area contributed by atoms with E-state index in [4.69, 9.17) is 0 Å². The highest BCUT2D eigenvalue weighted by atomic mass is 19.1. The van der Waals surface area contributed by atoms with E-state index in [1.165, 1.54) is 6.07 Å². The van der Waals surface area contributed by atoms with Gasteiger partial charge in [-0.3, -0.25) is 4.79 Å². The molecule has 26 heavy (non-hydrogen) atoms. The molecule has 1 aliphatic carbocycles. The number of rotatable bonds is 4. The van der Waals surface area contributed by atoms with Crippen LogP contribution in [0.15, 0.2) is 48.5 Å². The molecule has 0 bridgehead atoms. The Balaban J connectivity index is 1.57. The molecule has 0 aliphatic heterocycles. The van der Waals surface area contributed by atoms with E-state index in [9.17, 15) is 9.18 Å². The van der Waals surface area contributed by atoms with Crippen molar-refractivity contribution in [3.8, 4) is 5.69 Å². The highest BCUT2D eigenvalue weighted by Crippen LogP contribution is 2.27. The second kappa shape index (κ2) is 6.75. The zero-order valence-electron chi connectivity index (χ0n) is 14.6. The normalized spacial score (nSPS) is 12.8. The quantitative estimate of drug-likeness (QED) is 0.780. The number of nitrogens with zero attached hydrogens (tertiary/aromatic N) is 2. The minimum atomic E-state index is -0.258. The van der Waals surface area contributed by atoms with Gasteiger partial charge in [0.2, 0.25) is 0 Å². The van der Waals surface area contributed by atoms with Gasteiger partial charge in [0.1, 0.15) is 5.82 Å². The molecule has 1 aliphatic rings. The van der Waals surface area contributed by atoms with E-state index >= 15 is 0 Å². The molecule has 0 saturated heterocycles. The Morgan fingerprint density at radius 3 is 2.77 bits per heavy atom. The third-order valence-corrected chi connectivity index (χ3v) is 4.84. The molecule has 1 N–H and O–H groups in total. The smallest absolute Gasteiger partial charge is 0.272 e. The Hall–Kier alpha value is -2.95. The van der Waals surface area contributed by atoms with Crippen molar-refractivity contribution in [3.05, 3.63) is 82.4 Å². The van der Waals surface area contributed by atoms with Crippen LogP contribution in [0.2, 0.25) is 0 Å². The first-order valence-electron chi connectivity index (χ1n) is 8.83. The molecular formula is C21H20FN3O. The van der Waals surface area contributed by atoms with E-state index in [2.05, 4.69) is 10.4 Å².